The molecule has 0 saturated heterocycles. The molecule has 4 heteroatoms. The Balaban J connectivity index is 4.40. The first-order chi connectivity index (χ1) is 6.08. The molecule has 0 aromatic heterocycles. The van der Waals surface area contributed by atoms with E-state index in [0.717, 1.165) is 6.42 Å². The molecule has 13 heavy (non-hydrogen) atoms. The van der Waals surface area contributed by atoms with Crippen molar-refractivity contribution in [3.63, 3.8) is 0 Å². The number of amides is 1. The molecule has 0 aromatic rings. The van der Waals surface area contributed by atoms with E-state index in [-0.39, 0.29) is 6.04 Å². The number of hydrogen-bond acceptors (Lipinski definition) is 3. The van der Waals surface area contributed by atoms with Gasteiger partial charge < -0.3 is 9.64 Å². The van der Waals surface area contributed by atoms with E-state index in [4.69, 9.17) is 0 Å². The summed E-state index contributed by atoms with van der Waals surface area (Å²) in [5, 5.41) is 0. The van der Waals surface area contributed by atoms with Crippen LogP contribution in [0, 0.1) is 0 Å². The van der Waals surface area contributed by atoms with E-state index >= 15 is 0 Å². The van der Waals surface area contributed by atoms with Crippen molar-refractivity contribution >= 4 is 11.9 Å². The fourth-order valence-corrected chi connectivity index (χ4v) is 1.08. The van der Waals surface area contributed by atoms with Crippen LogP contribution in [0.25, 0.3) is 0 Å². The number of nitrogens with zero attached hydrogens (tertiary/aromatic N) is 1. The average molecular weight is 187 g/mol. The molecule has 0 heterocycles. The third-order valence-electron chi connectivity index (χ3n) is 2.08. The number of ether oxygens (including phenoxy) is 1. The van der Waals surface area contributed by atoms with Gasteiger partial charge in [-0.15, -0.1) is 0 Å². The first-order valence-corrected chi connectivity index (χ1v) is 4.47. The smallest absolute Gasteiger partial charge is 0.396 e. The average Bonchev–Trinajstić information content (AvgIpc) is 2.17. The molecule has 4 nitrogen and oxygen atoms in total. The Morgan fingerprint density at radius 3 is 2.23 bits per heavy atom. The minimum atomic E-state index is -0.790. The van der Waals surface area contributed by atoms with Crippen LogP contribution in [-0.2, 0) is 14.3 Å². The van der Waals surface area contributed by atoms with E-state index in [1.54, 1.807) is 0 Å². The van der Waals surface area contributed by atoms with E-state index in [0.29, 0.717) is 6.54 Å². The first-order valence-electron chi connectivity index (χ1n) is 4.47. The zero-order chi connectivity index (χ0) is 10.4. The maximum atomic E-state index is 11.4. The standard InChI is InChI=1S/C9H17NO3/c1-5-7(3)10(6-2)8(11)9(12)13-4/h7H,5-6H2,1-4H3. The maximum Gasteiger partial charge on any atom is 0.396 e. The lowest BCUT2D eigenvalue weighted by Gasteiger charge is -2.25. The lowest BCUT2D eigenvalue weighted by molar-refractivity contribution is -0.159. The summed E-state index contributed by atoms with van der Waals surface area (Å²) in [6.07, 6.45) is 0.830. The predicted octanol–water partition coefficient (Wildman–Crippen LogP) is 0.806. The lowest BCUT2D eigenvalue weighted by Crippen LogP contribution is -2.42. The Morgan fingerprint density at radius 1 is 1.38 bits per heavy atom. The van der Waals surface area contributed by atoms with Crippen molar-refractivity contribution in [3.05, 3.63) is 0 Å². The quantitative estimate of drug-likeness (QED) is 0.485. The number of likely N-dealkylation sites (N-methyl/N-ethyl adjacent to an activating group) is 1. The Kier molecular flexibility index (Phi) is 5.11. The summed E-state index contributed by atoms with van der Waals surface area (Å²) in [6, 6.07) is 0.0802. The molecule has 0 fully saturated rings. The summed E-state index contributed by atoms with van der Waals surface area (Å²) in [5.41, 5.74) is 0. The molecule has 1 unspecified atom stereocenters. The van der Waals surface area contributed by atoms with E-state index in [1.807, 2.05) is 20.8 Å². The number of hydrogen-bond donors (Lipinski definition) is 0. The molecule has 0 spiro atoms. The molecule has 1 amide bonds. The highest BCUT2D eigenvalue weighted by molar-refractivity contribution is 6.32. The van der Waals surface area contributed by atoms with Gasteiger partial charge in [-0.05, 0) is 20.3 Å². The molecule has 0 radical (unpaired) electrons. The second-order valence-electron chi connectivity index (χ2n) is 2.84. The van der Waals surface area contributed by atoms with Gasteiger partial charge in [0.1, 0.15) is 0 Å². The van der Waals surface area contributed by atoms with E-state index in [2.05, 4.69) is 4.74 Å². The SMILES string of the molecule is CCC(C)N(CC)C(=O)C(=O)OC. The predicted molar refractivity (Wildman–Crippen MR) is 49.2 cm³/mol. The topological polar surface area (TPSA) is 46.6 Å². The Morgan fingerprint density at radius 2 is 1.92 bits per heavy atom. The van der Waals surface area contributed by atoms with Crippen molar-refractivity contribution in [3.8, 4) is 0 Å². The van der Waals surface area contributed by atoms with Gasteiger partial charge >= 0.3 is 11.9 Å². The summed E-state index contributed by atoms with van der Waals surface area (Å²) < 4.78 is 4.36. The highest BCUT2D eigenvalue weighted by Crippen LogP contribution is 2.03. The van der Waals surface area contributed by atoms with Crippen LogP contribution in [0.15, 0.2) is 0 Å². The van der Waals surface area contributed by atoms with Crippen LogP contribution in [0.5, 0.6) is 0 Å². The van der Waals surface area contributed by atoms with Crippen molar-refractivity contribution in [2.45, 2.75) is 33.2 Å². The summed E-state index contributed by atoms with van der Waals surface area (Å²) in [5.74, 6) is -1.35. The van der Waals surface area contributed by atoms with Gasteiger partial charge in [0.25, 0.3) is 0 Å². The molecule has 0 N–H and O–H groups in total. The molecule has 0 aromatic carbocycles. The number of carbonyl (C=O) groups is 2. The van der Waals surface area contributed by atoms with Gasteiger partial charge in [0.2, 0.25) is 0 Å². The Labute approximate surface area is 78.9 Å². The zero-order valence-electron chi connectivity index (χ0n) is 8.66. The monoisotopic (exact) mass is 187 g/mol. The van der Waals surface area contributed by atoms with Gasteiger partial charge in [-0.2, -0.15) is 0 Å². The van der Waals surface area contributed by atoms with Crippen LogP contribution < -0.4 is 0 Å². The highest BCUT2D eigenvalue weighted by atomic mass is 16.5. The van der Waals surface area contributed by atoms with Crippen LogP contribution in [0.4, 0.5) is 0 Å². The van der Waals surface area contributed by atoms with E-state index in [9.17, 15) is 9.59 Å². The van der Waals surface area contributed by atoms with Crippen molar-refractivity contribution in [1.82, 2.24) is 4.90 Å². The maximum absolute atomic E-state index is 11.4. The summed E-state index contributed by atoms with van der Waals surface area (Å²) >= 11 is 0. The van der Waals surface area contributed by atoms with Gasteiger partial charge in [0.15, 0.2) is 0 Å². The normalized spacial score (nSPS) is 12.0. The van der Waals surface area contributed by atoms with E-state index in [1.165, 1.54) is 12.0 Å². The first kappa shape index (κ1) is 11.9. The lowest BCUT2D eigenvalue weighted by atomic mass is 10.2. The van der Waals surface area contributed by atoms with Crippen LogP contribution in [0.1, 0.15) is 27.2 Å². The van der Waals surface area contributed by atoms with Crippen LogP contribution >= 0.6 is 0 Å². The Hall–Kier alpha value is -1.06. The van der Waals surface area contributed by atoms with Gasteiger partial charge in [0, 0.05) is 12.6 Å². The van der Waals surface area contributed by atoms with Gasteiger partial charge in [-0.25, -0.2) is 4.79 Å². The van der Waals surface area contributed by atoms with Crippen molar-refractivity contribution in [1.29, 1.82) is 0 Å². The summed E-state index contributed by atoms with van der Waals surface area (Å²) in [7, 11) is 1.21. The Bertz CT molecular complexity index is 191. The van der Waals surface area contributed by atoms with Crippen LogP contribution in [-0.4, -0.2) is 36.5 Å². The molecule has 0 aliphatic rings. The third-order valence-corrected chi connectivity index (χ3v) is 2.08. The van der Waals surface area contributed by atoms with Crippen LogP contribution in [0.3, 0.4) is 0 Å². The highest BCUT2D eigenvalue weighted by Gasteiger charge is 2.24. The molecular weight excluding hydrogens is 170 g/mol. The summed E-state index contributed by atoms with van der Waals surface area (Å²) in [4.78, 5) is 23.8. The van der Waals surface area contributed by atoms with Crippen molar-refractivity contribution < 1.29 is 14.3 Å². The minimum Gasteiger partial charge on any atom is -0.462 e. The number of esters is 1. The molecule has 76 valence electrons. The van der Waals surface area contributed by atoms with Gasteiger partial charge in [-0.1, -0.05) is 6.92 Å². The van der Waals surface area contributed by atoms with Crippen molar-refractivity contribution in [2.24, 2.45) is 0 Å². The number of carbonyl (C=O) groups excluding carboxylic acids is 2. The molecule has 0 aliphatic heterocycles. The zero-order valence-corrected chi connectivity index (χ0v) is 8.66. The third kappa shape index (κ3) is 3.05. The number of rotatable bonds is 3. The molecule has 0 saturated carbocycles. The fraction of sp³-hybridized carbons (Fsp3) is 0.778. The fourth-order valence-electron chi connectivity index (χ4n) is 1.08. The molecule has 0 aliphatic carbocycles. The second kappa shape index (κ2) is 5.56. The molecule has 1 atom stereocenters. The van der Waals surface area contributed by atoms with Crippen molar-refractivity contribution in [2.75, 3.05) is 13.7 Å². The molecular formula is C9H17NO3. The minimum absolute atomic E-state index is 0.0802. The van der Waals surface area contributed by atoms with Gasteiger partial charge in [-0.3, -0.25) is 4.79 Å². The summed E-state index contributed by atoms with van der Waals surface area (Å²) in [6.45, 7) is 6.25. The molecule has 0 rings (SSSR count). The van der Waals surface area contributed by atoms with Gasteiger partial charge in [0.05, 0.1) is 7.11 Å². The number of methoxy groups -OCH3 is 1. The molecule has 0 bridgehead atoms. The largest absolute Gasteiger partial charge is 0.462 e. The second-order valence-corrected chi connectivity index (χ2v) is 2.84. The van der Waals surface area contributed by atoms with Crippen LogP contribution in [0.2, 0.25) is 0 Å². The van der Waals surface area contributed by atoms with E-state index < -0.39 is 11.9 Å².